The number of piperidine rings is 1. The molecule has 4 heteroatoms. The molecule has 22 heavy (non-hydrogen) atoms. The Labute approximate surface area is 133 Å². The van der Waals surface area contributed by atoms with Crippen molar-refractivity contribution in [3.63, 3.8) is 0 Å². The summed E-state index contributed by atoms with van der Waals surface area (Å²) in [5.41, 5.74) is 1.09. The number of hydrogen-bond acceptors (Lipinski definition) is 1. The number of carbonyl (C=O) groups is 1. The Morgan fingerprint density at radius 1 is 1.18 bits per heavy atom. The van der Waals surface area contributed by atoms with E-state index in [1.54, 1.807) is 4.90 Å². The van der Waals surface area contributed by atoms with Gasteiger partial charge in [-0.15, -0.1) is 0 Å². The summed E-state index contributed by atoms with van der Waals surface area (Å²) in [4.78, 5) is 18.8. The number of likely N-dealkylation sites (tertiary alicyclic amines) is 1. The first-order valence-corrected chi connectivity index (χ1v) is 9.37. The minimum Gasteiger partial charge on any atom is -0.331 e. The summed E-state index contributed by atoms with van der Waals surface area (Å²) >= 11 is 0. The Morgan fingerprint density at radius 3 is 2.68 bits per heavy atom. The van der Waals surface area contributed by atoms with Crippen molar-refractivity contribution in [3.8, 4) is 0 Å². The Balaban J connectivity index is 1.74. The SMILES string of the molecule is CC(C)[NH+]1C[C@H]2CCC[C@]3(C1)C(=O)NC1(CCCCC1)[NH+]=C23. The highest BCUT2D eigenvalue weighted by molar-refractivity contribution is 6.09. The molecule has 3 fully saturated rings. The highest BCUT2D eigenvalue weighted by Crippen LogP contribution is 2.39. The molecule has 4 nitrogen and oxygen atoms in total. The smallest absolute Gasteiger partial charge is 0.247 e. The Bertz CT molecular complexity index is 506. The van der Waals surface area contributed by atoms with Crippen molar-refractivity contribution >= 4 is 11.6 Å². The number of hydrogen-bond donors (Lipinski definition) is 3. The quantitative estimate of drug-likeness (QED) is 0.595. The lowest BCUT2D eigenvalue weighted by atomic mass is 9.62. The standard InChI is InChI=1S/C18H29N3O/c1-13(2)21-11-14-7-6-8-17(12-21)15(14)19-18(20-16(17)22)9-4-3-5-10-18/h13-14H,3-12H2,1-2H3,(H,20,22)/p+2/t14-,17-/m1/s1. The van der Waals surface area contributed by atoms with Crippen LogP contribution in [0.1, 0.15) is 65.2 Å². The van der Waals surface area contributed by atoms with Crippen molar-refractivity contribution in [2.75, 3.05) is 13.1 Å². The van der Waals surface area contributed by atoms with Gasteiger partial charge < -0.3 is 4.90 Å². The molecule has 2 aliphatic carbocycles. The first kappa shape index (κ1) is 14.7. The van der Waals surface area contributed by atoms with E-state index in [4.69, 9.17) is 0 Å². The summed E-state index contributed by atoms with van der Waals surface area (Å²) in [6.45, 7) is 6.80. The summed E-state index contributed by atoms with van der Waals surface area (Å²) in [6, 6.07) is 0.609. The maximum Gasteiger partial charge on any atom is 0.247 e. The first-order chi connectivity index (χ1) is 10.5. The molecule has 0 aromatic carbocycles. The zero-order valence-corrected chi connectivity index (χ0v) is 14.1. The molecule has 0 aromatic heterocycles. The van der Waals surface area contributed by atoms with Crippen LogP contribution in [0.2, 0.25) is 0 Å². The van der Waals surface area contributed by atoms with Crippen LogP contribution in [0.25, 0.3) is 0 Å². The lowest BCUT2D eigenvalue weighted by molar-refractivity contribution is -0.932. The topological polar surface area (TPSA) is 47.5 Å². The molecule has 1 spiro atoms. The lowest BCUT2D eigenvalue weighted by Gasteiger charge is -2.49. The molecule has 1 unspecified atom stereocenters. The number of rotatable bonds is 1. The van der Waals surface area contributed by atoms with Gasteiger partial charge in [-0.05, 0) is 39.5 Å². The molecule has 2 heterocycles. The monoisotopic (exact) mass is 305 g/mol. The maximum atomic E-state index is 13.2. The lowest BCUT2D eigenvalue weighted by Crippen LogP contribution is -3.20. The van der Waals surface area contributed by atoms with Crippen LogP contribution in [-0.4, -0.2) is 36.4 Å². The number of carbonyl (C=O) groups excluding carboxylic acids is 1. The van der Waals surface area contributed by atoms with Crippen LogP contribution in [0.5, 0.6) is 0 Å². The summed E-state index contributed by atoms with van der Waals surface area (Å²) in [6.07, 6.45) is 9.52. The van der Waals surface area contributed by atoms with Crippen molar-refractivity contribution in [3.05, 3.63) is 0 Å². The Morgan fingerprint density at radius 2 is 1.95 bits per heavy atom. The van der Waals surface area contributed by atoms with Gasteiger partial charge in [0.05, 0.1) is 18.5 Å². The zero-order chi connectivity index (χ0) is 15.4. The molecule has 4 rings (SSSR count). The van der Waals surface area contributed by atoms with Crippen LogP contribution < -0.4 is 15.2 Å². The van der Waals surface area contributed by atoms with Crippen molar-refractivity contribution in [2.45, 2.75) is 76.9 Å². The van der Waals surface area contributed by atoms with E-state index in [-0.39, 0.29) is 11.1 Å². The van der Waals surface area contributed by atoms with Gasteiger partial charge in [0.1, 0.15) is 6.54 Å². The van der Waals surface area contributed by atoms with Gasteiger partial charge in [0.15, 0.2) is 11.1 Å². The second kappa shape index (κ2) is 5.05. The van der Waals surface area contributed by atoms with Crippen molar-refractivity contribution in [2.24, 2.45) is 11.3 Å². The Kier molecular flexibility index (Phi) is 3.37. The molecule has 2 bridgehead atoms. The minimum atomic E-state index is -0.219. The Hall–Kier alpha value is -0.900. The van der Waals surface area contributed by atoms with Gasteiger partial charge in [-0.1, -0.05) is 12.8 Å². The van der Waals surface area contributed by atoms with E-state index >= 15 is 0 Å². The molecule has 122 valence electrons. The van der Waals surface area contributed by atoms with E-state index in [0.717, 1.165) is 25.8 Å². The van der Waals surface area contributed by atoms with Crippen molar-refractivity contribution in [1.82, 2.24) is 5.32 Å². The summed E-state index contributed by atoms with van der Waals surface area (Å²) in [5.74, 6) is 0.940. The van der Waals surface area contributed by atoms with E-state index in [0.29, 0.717) is 17.9 Å². The van der Waals surface area contributed by atoms with Gasteiger partial charge in [-0.3, -0.25) is 10.1 Å². The second-order valence-electron chi connectivity index (χ2n) is 8.50. The number of nitrogens with one attached hydrogen (secondary N) is 3. The van der Waals surface area contributed by atoms with E-state index in [1.165, 1.54) is 44.4 Å². The molecular formula is C18H31N3O+2. The summed E-state index contributed by atoms with van der Waals surface area (Å²) in [5, 5.41) is 3.45. The maximum absolute atomic E-state index is 13.2. The average molecular weight is 305 g/mol. The van der Waals surface area contributed by atoms with E-state index in [2.05, 4.69) is 24.2 Å². The molecular weight excluding hydrogens is 274 g/mol. The molecule has 2 aliphatic heterocycles. The average Bonchev–Trinajstić information content (AvgIpc) is 2.47. The largest absolute Gasteiger partial charge is 0.331 e. The van der Waals surface area contributed by atoms with Crippen LogP contribution in [0.15, 0.2) is 0 Å². The fraction of sp³-hybridized carbons (Fsp3) is 0.889. The number of amides is 1. The normalized spacial score (nSPS) is 40.1. The third-order valence-corrected chi connectivity index (χ3v) is 6.80. The highest BCUT2D eigenvalue weighted by Gasteiger charge is 2.64. The van der Waals surface area contributed by atoms with Gasteiger partial charge in [-0.2, -0.15) is 0 Å². The van der Waals surface area contributed by atoms with E-state index < -0.39 is 0 Å². The fourth-order valence-corrected chi connectivity index (χ4v) is 5.49. The van der Waals surface area contributed by atoms with Crippen molar-refractivity contribution in [1.29, 1.82) is 0 Å². The predicted molar refractivity (Wildman–Crippen MR) is 85.5 cm³/mol. The van der Waals surface area contributed by atoms with Crippen LogP contribution in [0.4, 0.5) is 0 Å². The van der Waals surface area contributed by atoms with Gasteiger partial charge in [-0.25, -0.2) is 4.99 Å². The minimum absolute atomic E-state index is 0.112. The molecule has 1 amide bonds. The third kappa shape index (κ3) is 2.06. The molecule has 0 radical (unpaired) electrons. The van der Waals surface area contributed by atoms with Gasteiger partial charge >= 0.3 is 0 Å². The fourth-order valence-electron chi connectivity index (χ4n) is 5.49. The molecule has 2 saturated carbocycles. The molecule has 4 aliphatic rings. The summed E-state index contributed by atoms with van der Waals surface area (Å²) in [7, 11) is 0. The predicted octanol–water partition coefficient (Wildman–Crippen LogP) is -0.608. The highest BCUT2D eigenvalue weighted by atomic mass is 16.2. The van der Waals surface area contributed by atoms with Gasteiger partial charge in [0, 0.05) is 12.8 Å². The van der Waals surface area contributed by atoms with Gasteiger partial charge in [0.2, 0.25) is 11.6 Å². The van der Waals surface area contributed by atoms with Crippen LogP contribution >= 0.6 is 0 Å². The third-order valence-electron chi connectivity index (χ3n) is 6.80. The molecule has 3 N–H and O–H groups in total. The van der Waals surface area contributed by atoms with Crippen LogP contribution in [0, 0.1) is 11.3 Å². The van der Waals surface area contributed by atoms with Crippen molar-refractivity contribution < 1.29 is 14.7 Å². The number of quaternary nitrogens is 1. The molecule has 1 saturated heterocycles. The molecule has 3 atom stereocenters. The zero-order valence-electron chi connectivity index (χ0n) is 14.1. The van der Waals surface area contributed by atoms with Gasteiger partial charge in [0.25, 0.3) is 0 Å². The second-order valence-corrected chi connectivity index (χ2v) is 8.50. The van der Waals surface area contributed by atoms with Crippen LogP contribution in [0.3, 0.4) is 0 Å². The van der Waals surface area contributed by atoms with E-state index in [1.807, 2.05) is 0 Å². The summed E-state index contributed by atoms with van der Waals surface area (Å²) < 4.78 is 0. The van der Waals surface area contributed by atoms with E-state index in [9.17, 15) is 4.79 Å². The van der Waals surface area contributed by atoms with Crippen LogP contribution in [-0.2, 0) is 4.79 Å². The first-order valence-electron chi connectivity index (χ1n) is 9.37. The molecule has 0 aromatic rings.